The van der Waals surface area contributed by atoms with Gasteiger partial charge in [0.2, 0.25) is 5.91 Å². The molecule has 0 bridgehead atoms. The quantitative estimate of drug-likeness (QED) is 0.727. The van der Waals surface area contributed by atoms with Crippen molar-refractivity contribution in [3.63, 3.8) is 0 Å². The summed E-state index contributed by atoms with van der Waals surface area (Å²) in [6.45, 7) is 3.51. The maximum atomic E-state index is 14.7. The number of aromatic nitrogens is 2. The third kappa shape index (κ3) is 4.82. The van der Waals surface area contributed by atoms with Gasteiger partial charge in [-0.3, -0.25) is 9.69 Å². The van der Waals surface area contributed by atoms with E-state index in [1.54, 1.807) is 19.1 Å². The summed E-state index contributed by atoms with van der Waals surface area (Å²) in [5.41, 5.74) is 0.669. The van der Waals surface area contributed by atoms with E-state index < -0.39 is 24.1 Å². The number of anilines is 1. The largest absolute Gasteiger partial charge is 0.442 e. The Kier molecular flexibility index (Phi) is 6.20. The molecule has 1 aromatic heterocycles. The topological polar surface area (TPSA) is 105 Å². The average Bonchev–Trinajstić information content (AvgIpc) is 3.24. The van der Waals surface area contributed by atoms with E-state index >= 15 is 0 Å². The van der Waals surface area contributed by atoms with Crippen molar-refractivity contribution in [3.05, 3.63) is 29.0 Å². The van der Waals surface area contributed by atoms with Crippen LogP contribution >= 0.6 is 11.3 Å². The van der Waals surface area contributed by atoms with Gasteiger partial charge < -0.3 is 15.2 Å². The number of carbonyl (C=O) groups excluding carboxylic acids is 2. The van der Waals surface area contributed by atoms with Crippen molar-refractivity contribution in [1.29, 1.82) is 0 Å². The molecule has 2 heterocycles. The van der Waals surface area contributed by atoms with Crippen molar-refractivity contribution in [3.8, 4) is 10.6 Å². The molecule has 2 N–H and O–H groups in total. The van der Waals surface area contributed by atoms with Crippen molar-refractivity contribution >= 4 is 29.0 Å². The molecule has 0 radical (unpaired) electrons. The molecule has 1 aliphatic heterocycles. The molecular formula is C18H21FN4O4S. The molecule has 0 spiro atoms. The fourth-order valence-electron chi connectivity index (χ4n) is 2.74. The predicted molar refractivity (Wildman–Crippen MR) is 102 cm³/mol. The van der Waals surface area contributed by atoms with Crippen LogP contribution in [0.25, 0.3) is 10.6 Å². The molecular weight excluding hydrogens is 387 g/mol. The molecule has 0 aliphatic carbocycles. The highest BCUT2D eigenvalue weighted by Gasteiger charge is 2.32. The number of aliphatic hydroxyl groups excluding tert-OH is 1. The van der Waals surface area contributed by atoms with Gasteiger partial charge in [0, 0.05) is 18.9 Å². The van der Waals surface area contributed by atoms with Crippen LogP contribution in [0, 0.1) is 5.82 Å². The van der Waals surface area contributed by atoms with E-state index in [1.165, 1.54) is 29.2 Å². The molecule has 1 aromatic carbocycles. The van der Waals surface area contributed by atoms with E-state index in [4.69, 9.17) is 4.74 Å². The summed E-state index contributed by atoms with van der Waals surface area (Å²) in [4.78, 5) is 24.4. The Labute approximate surface area is 165 Å². The number of hydrogen-bond donors (Lipinski definition) is 2. The maximum Gasteiger partial charge on any atom is 0.414 e. The lowest BCUT2D eigenvalue weighted by Gasteiger charge is -2.14. The minimum absolute atomic E-state index is 0.207. The Hall–Kier alpha value is -2.59. The number of aryl methyl sites for hydroxylation is 1. The van der Waals surface area contributed by atoms with Gasteiger partial charge in [-0.2, -0.15) is 0 Å². The van der Waals surface area contributed by atoms with Crippen LogP contribution in [-0.4, -0.2) is 52.6 Å². The first kappa shape index (κ1) is 20.2. The smallest absolute Gasteiger partial charge is 0.414 e. The number of nitrogens with one attached hydrogen (secondary N) is 1. The summed E-state index contributed by atoms with van der Waals surface area (Å²) in [6, 6.07) is 4.43. The van der Waals surface area contributed by atoms with Crippen LogP contribution in [-0.2, 0) is 16.0 Å². The number of amides is 2. The number of cyclic esters (lactones) is 1. The van der Waals surface area contributed by atoms with Crippen LogP contribution in [0.15, 0.2) is 18.2 Å². The zero-order chi connectivity index (χ0) is 20.3. The zero-order valence-corrected chi connectivity index (χ0v) is 16.3. The standard InChI is InChI=1S/C18H21FN4O4S/c1-10(24)3-6-16-21-22-17(28-16)14-5-4-12(7-15(14)19)23-9-13(27-18(23)26)8-20-11(2)25/h4-5,7,10,13,24H,3,6,8-9H2,1-2H3,(H,20,25). The monoisotopic (exact) mass is 408 g/mol. The van der Waals surface area contributed by atoms with Crippen molar-refractivity contribution in [2.24, 2.45) is 0 Å². The van der Waals surface area contributed by atoms with Gasteiger partial charge in [0.15, 0.2) is 5.01 Å². The van der Waals surface area contributed by atoms with Crippen LogP contribution in [0.5, 0.6) is 0 Å². The molecule has 1 aliphatic rings. The number of benzene rings is 1. The summed E-state index contributed by atoms with van der Waals surface area (Å²) >= 11 is 1.27. The Morgan fingerprint density at radius 1 is 1.50 bits per heavy atom. The van der Waals surface area contributed by atoms with Crippen LogP contribution in [0.1, 0.15) is 25.3 Å². The molecule has 2 unspecified atom stereocenters. The zero-order valence-electron chi connectivity index (χ0n) is 15.5. The van der Waals surface area contributed by atoms with E-state index in [1.807, 2.05) is 0 Å². The first-order valence-electron chi connectivity index (χ1n) is 8.86. The molecule has 1 fully saturated rings. The normalized spacial score (nSPS) is 17.5. The van der Waals surface area contributed by atoms with Gasteiger partial charge in [-0.25, -0.2) is 9.18 Å². The second-order valence-electron chi connectivity index (χ2n) is 6.61. The minimum Gasteiger partial charge on any atom is -0.442 e. The Morgan fingerprint density at radius 2 is 2.29 bits per heavy atom. The van der Waals surface area contributed by atoms with E-state index in [2.05, 4.69) is 15.5 Å². The third-order valence-corrected chi connectivity index (χ3v) is 5.21. The van der Waals surface area contributed by atoms with Gasteiger partial charge in [-0.15, -0.1) is 10.2 Å². The van der Waals surface area contributed by atoms with E-state index in [9.17, 15) is 19.1 Å². The van der Waals surface area contributed by atoms with Gasteiger partial charge in [-0.1, -0.05) is 11.3 Å². The maximum absolute atomic E-state index is 14.7. The van der Waals surface area contributed by atoms with E-state index in [0.717, 1.165) is 5.01 Å². The van der Waals surface area contributed by atoms with Gasteiger partial charge in [0.25, 0.3) is 0 Å². The van der Waals surface area contributed by atoms with E-state index in [0.29, 0.717) is 29.1 Å². The highest BCUT2D eigenvalue weighted by Crippen LogP contribution is 2.31. The summed E-state index contributed by atoms with van der Waals surface area (Å²) in [6.07, 6.45) is -0.368. The first-order chi connectivity index (χ1) is 13.3. The first-order valence-corrected chi connectivity index (χ1v) is 9.68. The van der Waals surface area contributed by atoms with Gasteiger partial charge in [0.1, 0.15) is 16.9 Å². The number of ether oxygens (including phenoxy) is 1. The van der Waals surface area contributed by atoms with Crippen molar-refractivity contribution < 1.29 is 23.8 Å². The van der Waals surface area contributed by atoms with Crippen LogP contribution in [0.2, 0.25) is 0 Å². The fraction of sp³-hybridized carbons (Fsp3) is 0.444. The van der Waals surface area contributed by atoms with Crippen molar-refractivity contribution in [1.82, 2.24) is 15.5 Å². The van der Waals surface area contributed by atoms with Gasteiger partial charge in [0.05, 0.1) is 24.9 Å². The molecule has 10 heteroatoms. The minimum atomic E-state index is -0.584. The summed E-state index contributed by atoms with van der Waals surface area (Å²) in [5.74, 6) is -0.733. The van der Waals surface area contributed by atoms with Crippen LogP contribution in [0.4, 0.5) is 14.9 Å². The molecule has 1 saturated heterocycles. The van der Waals surface area contributed by atoms with E-state index in [-0.39, 0.29) is 19.0 Å². The summed E-state index contributed by atoms with van der Waals surface area (Å²) < 4.78 is 19.8. The van der Waals surface area contributed by atoms with Crippen molar-refractivity contribution in [2.75, 3.05) is 18.0 Å². The fourth-order valence-corrected chi connectivity index (χ4v) is 3.62. The second-order valence-corrected chi connectivity index (χ2v) is 7.67. The highest BCUT2D eigenvalue weighted by molar-refractivity contribution is 7.14. The Balaban J connectivity index is 1.70. The lowest BCUT2D eigenvalue weighted by molar-refractivity contribution is -0.119. The van der Waals surface area contributed by atoms with Crippen LogP contribution in [0.3, 0.4) is 0 Å². The van der Waals surface area contributed by atoms with Gasteiger partial charge >= 0.3 is 6.09 Å². The lowest BCUT2D eigenvalue weighted by atomic mass is 10.2. The molecule has 8 nitrogen and oxygen atoms in total. The number of halogens is 1. The number of aliphatic hydroxyl groups is 1. The molecule has 2 amide bonds. The Morgan fingerprint density at radius 3 is 2.96 bits per heavy atom. The Bertz CT molecular complexity index is 873. The summed E-state index contributed by atoms with van der Waals surface area (Å²) in [7, 11) is 0. The number of nitrogens with zero attached hydrogens (tertiary/aromatic N) is 3. The molecule has 2 atom stereocenters. The molecule has 150 valence electrons. The predicted octanol–water partition coefficient (Wildman–Crippen LogP) is 2.12. The average molecular weight is 408 g/mol. The van der Waals surface area contributed by atoms with Crippen LogP contribution < -0.4 is 10.2 Å². The number of carbonyl (C=O) groups is 2. The molecule has 2 aromatic rings. The third-order valence-electron chi connectivity index (χ3n) is 4.19. The van der Waals surface area contributed by atoms with Gasteiger partial charge in [-0.05, 0) is 31.5 Å². The molecule has 3 rings (SSSR count). The second kappa shape index (κ2) is 8.61. The summed E-state index contributed by atoms with van der Waals surface area (Å²) in [5, 5.41) is 21.2. The SMILES string of the molecule is CC(=O)NCC1CN(c2ccc(-c3nnc(CCC(C)O)s3)c(F)c2)C(=O)O1. The lowest BCUT2D eigenvalue weighted by Crippen LogP contribution is -2.33. The molecule has 28 heavy (non-hydrogen) atoms. The number of rotatable bonds is 7. The van der Waals surface area contributed by atoms with Crippen molar-refractivity contribution in [2.45, 2.75) is 38.9 Å². The highest BCUT2D eigenvalue weighted by atomic mass is 32.1. The number of hydrogen-bond acceptors (Lipinski definition) is 7. The molecule has 0 saturated carbocycles.